The smallest absolute Gasteiger partial charge is 0.310 e. The first kappa shape index (κ1) is 13.3. The Morgan fingerprint density at radius 1 is 1.26 bits per heavy atom. The molecule has 0 aromatic heterocycles. The molecule has 5 heteroatoms. The first-order valence-corrected chi connectivity index (χ1v) is 6.07. The first-order valence-electron chi connectivity index (χ1n) is 6.07. The van der Waals surface area contributed by atoms with E-state index in [1.54, 1.807) is 38.1 Å². The van der Waals surface area contributed by atoms with Crippen molar-refractivity contribution in [2.45, 2.75) is 27.0 Å². The molecule has 1 aliphatic heterocycles. The summed E-state index contributed by atoms with van der Waals surface area (Å²) in [5, 5.41) is 0. The van der Waals surface area contributed by atoms with Crippen molar-refractivity contribution < 1.29 is 19.1 Å². The quantitative estimate of drug-likeness (QED) is 0.762. The Kier molecular flexibility index (Phi) is 3.38. The summed E-state index contributed by atoms with van der Waals surface area (Å²) in [6, 6.07) is 6.76. The van der Waals surface area contributed by atoms with Gasteiger partial charge in [-0.05, 0) is 6.07 Å². The number of carbonyl (C=O) groups is 3. The highest BCUT2D eigenvalue weighted by Gasteiger charge is 2.41. The van der Waals surface area contributed by atoms with Crippen molar-refractivity contribution in [3.8, 4) is 0 Å². The van der Waals surface area contributed by atoms with Gasteiger partial charge in [-0.15, -0.1) is 0 Å². The molecule has 0 fully saturated rings. The van der Waals surface area contributed by atoms with Gasteiger partial charge in [-0.25, -0.2) is 4.90 Å². The third-order valence-electron chi connectivity index (χ3n) is 2.95. The van der Waals surface area contributed by atoms with Crippen molar-refractivity contribution >= 4 is 17.8 Å². The maximum Gasteiger partial charge on any atom is 0.310 e. The highest BCUT2D eigenvalue weighted by atomic mass is 16.6. The van der Waals surface area contributed by atoms with E-state index in [0.29, 0.717) is 11.1 Å². The van der Waals surface area contributed by atoms with Crippen LogP contribution in [0.5, 0.6) is 0 Å². The maximum absolute atomic E-state index is 12.1. The third-order valence-corrected chi connectivity index (χ3v) is 2.95. The standard InChI is InChI=1S/C14H15NO4/c1-8(2)14(18)19-13-11-7-5-4-6-10(11)12(17)15(13)9(3)16/h4-8,13H,1-3H3/t13-/m0/s1. The van der Waals surface area contributed by atoms with Crippen molar-refractivity contribution in [2.24, 2.45) is 5.92 Å². The number of esters is 1. The predicted molar refractivity (Wildman–Crippen MR) is 67.0 cm³/mol. The Labute approximate surface area is 111 Å². The minimum atomic E-state index is -0.948. The molecule has 1 aromatic rings. The Balaban J connectivity index is 2.40. The monoisotopic (exact) mass is 261 g/mol. The minimum absolute atomic E-state index is 0.323. The second-order valence-corrected chi connectivity index (χ2v) is 4.73. The van der Waals surface area contributed by atoms with E-state index in [-0.39, 0.29) is 5.92 Å². The summed E-state index contributed by atoms with van der Waals surface area (Å²) in [6.45, 7) is 4.67. The lowest BCUT2D eigenvalue weighted by molar-refractivity contribution is -0.163. The van der Waals surface area contributed by atoms with Crippen molar-refractivity contribution in [1.29, 1.82) is 0 Å². The summed E-state index contributed by atoms with van der Waals surface area (Å²) >= 11 is 0. The van der Waals surface area contributed by atoms with Gasteiger partial charge in [0.2, 0.25) is 12.1 Å². The van der Waals surface area contributed by atoms with Gasteiger partial charge in [0, 0.05) is 18.1 Å². The first-order chi connectivity index (χ1) is 8.93. The van der Waals surface area contributed by atoms with Crippen LogP contribution in [0.1, 0.15) is 42.9 Å². The summed E-state index contributed by atoms with van der Waals surface area (Å²) in [4.78, 5) is 36.4. The zero-order valence-corrected chi connectivity index (χ0v) is 11.0. The van der Waals surface area contributed by atoms with Crippen LogP contribution in [0.15, 0.2) is 24.3 Å². The molecule has 0 saturated heterocycles. The SMILES string of the molecule is CC(=O)N1C(=O)c2ccccc2[C@@H]1OC(=O)C(C)C. The van der Waals surface area contributed by atoms with Gasteiger partial charge in [-0.3, -0.25) is 14.4 Å². The van der Waals surface area contributed by atoms with Crippen molar-refractivity contribution in [3.05, 3.63) is 35.4 Å². The van der Waals surface area contributed by atoms with Crippen LogP contribution in [0, 0.1) is 5.92 Å². The maximum atomic E-state index is 12.1. The van der Waals surface area contributed by atoms with Crippen LogP contribution in [0.3, 0.4) is 0 Å². The molecular weight excluding hydrogens is 246 g/mol. The van der Waals surface area contributed by atoms with Gasteiger partial charge in [0.15, 0.2) is 0 Å². The molecule has 0 bridgehead atoms. The number of amides is 2. The molecule has 1 aliphatic rings. The lowest BCUT2D eigenvalue weighted by Crippen LogP contribution is -2.35. The van der Waals surface area contributed by atoms with Crippen LogP contribution in [0.4, 0.5) is 0 Å². The lowest BCUT2D eigenvalue weighted by Gasteiger charge is -2.22. The number of rotatable bonds is 2. The van der Waals surface area contributed by atoms with Crippen molar-refractivity contribution in [3.63, 3.8) is 0 Å². The Bertz CT molecular complexity index is 550. The van der Waals surface area contributed by atoms with Crippen LogP contribution < -0.4 is 0 Å². The summed E-state index contributed by atoms with van der Waals surface area (Å²) < 4.78 is 5.29. The molecule has 2 amide bonds. The van der Waals surface area contributed by atoms with Crippen LogP contribution >= 0.6 is 0 Å². The molecule has 1 heterocycles. The molecule has 0 radical (unpaired) electrons. The predicted octanol–water partition coefficient (Wildman–Crippen LogP) is 1.89. The summed E-state index contributed by atoms with van der Waals surface area (Å²) in [6.07, 6.45) is -0.948. The van der Waals surface area contributed by atoms with Gasteiger partial charge in [0.1, 0.15) is 0 Å². The molecule has 5 nitrogen and oxygen atoms in total. The molecule has 0 aliphatic carbocycles. The number of benzene rings is 1. The number of hydrogen-bond acceptors (Lipinski definition) is 4. The van der Waals surface area contributed by atoms with E-state index in [1.807, 2.05) is 0 Å². The van der Waals surface area contributed by atoms with E-state index in [9.17, 15) is 14.4 Å². The fourth-order valence-electron chi connectivity index (χ4n) is 1.95. The van der Waals surface area contributed by atoms with Gasteiger partial charge in [-0.1, -0.05) is 32.0 Å². The highest BCUT2D eigenvalue weighted by molar-refractivity contribution is 6.08. The van der Waals surface area contributed by atoms with Gasteiger partial charge in [0.25, 0.3) is 5.91 Å². The summed E-state index contributed by atoms with van der Waals surface area (Å²) in [5.41, 5.74) is 0.955. The number of nitrogens with zero attached hydrogens (tertiary/aromatic N) is 1. The largest absolute Gasteiger partial charge is 0.436 e. The molecule has 1 aromatic carbocycles. The Morgan fingerprint density at radius 2 is 1.89 bits per heavy atom. The van der Waals surface area contributed by atoms with Crippen molar-refractivity contribution in [1.82, 2.24) is 4.90 Å². The fraction of sp³-hybridized carbons (Fsp3) is 0.357. The van der Waals surface area contributed by atoms with Gasteiger partial charge >= 0.3 is 5.97 Å². The summed E-state index contributed by atoms with van der Waals surface area (Å²) in [7, 11) is 0. The molecule has 0 N–H and O–H groups in total. The van der Waals surface area contributed by atoms with E-state index in [4.69, 9.17) is 4.74 Å². The molecule has 19 heavy (non-hydrogen) atoms. The normalized spacial score (nSPS) is 17.6. The van der Waals surface area contributed by atoms with Crippen LogP contribution in [-0.4, -0.2) is 22.7 Å². The van der Waals surface area contributed by atoms with E-state index < -0.39 is 24.0 Å². The second kappa shape index (κ2) is 4.84. The van der Waals surface area contributed by atoms with Gasteiger partial charge in [0.05, 0.1) is 5.92 Å². The molecule has 2 rings (SSSR count). The van der Waals surface area contributed by atoms with Crippen LogP contribution in [0.25, 0.3) is 0 Å². The van der Waals surface area contributed by atoms with E-state index in [1.165, 1.54) is 6.92 Å². The molecule has 0 spiro atoms. The topological polar surface area (TPSA) is 63.7 Å². The lowest BCUT2D eigenvalue weighted by atomic mass is 10.1. The fourth-order valence-corrected chi connectivity index (χ4v) is 1.95. The molecule has 100 valence electrons. The van der Waals surface area contributed by atoms with E-state index in [0.717, 1.165) is 4.90 Å². The zero-order chi connectivity index (χ0) is 14.2. The Hall–Kier alpha value is -2.17. The zero-order valence-electron chi connectivity index (χ0n) is 11.0. The average Bonchev–Trinajstić information content (AvgIpc) is 2.63. The molecule has 1 atom stereocenters. The van der Waals surface area contributed by atoms with Crippen molar-refractivity contribution in [2.75, 3.05) is 0 Å². The summed E-state index contributed by atoms with van der Waals surface area (Å²) in [5.74, 6) is -1.63. The average molecular weight is 261 g/mol. The number of carbonyl (C=O) groups excluding carboxylic acids is 3. The molecular formula is C14H15NO4. The third kappa shape index (κ3) is 2.23. The minimum Gasteiger partial charge on any atom is -0.436 e. The highest BCUT2D eigenvalue weighted by Crippen LogP contribution is 2.34. The van der Waals surface area contributed by atoms with Crippen LogP contribution in [-0.2, 0) is 14.3 Å². The number of fused-ring (bicyclic) bond motifs is 1. The van der Waals surface area contributed by atoms with E-state index >= 15 is 0 Å². The molecule has 0 unspecified atom stereocenters. The van der Waals surface area contributed by atoms with Gasteiger partial charge in [-0.2, -0.15) is 0 Å². The number of ether oxygens (including phenoxy) is 1. The number of imide groups is 1. The van der Waals surface area contributed by atoms with E-state index in [2.05, 4.69) is 0 Å². The Morgan fingerprint density at radius 3 is 2.47 bits per heavy atom. The second-order valence-electron chi connectivity index (χ2n) is 4.73. The van der Waals surface area contributed by atoms with Gasteiger partial charge < -0.3 is 4.74 Å². The number of hydrogen-bond donors (Lipinski definition) is 0. The van der Waals surface area contributed by atoms with Crippen LogP contribution in [0.2, 0.25) is 0 Å². The molecule has 0 saturated carbocycles.